The van der Waals surface area contributed by atoms with Crippen molar-refractivity contribution in [2.24, 2.45) is 0 Å². The number of hydrogen-bond donors (Lipinski definition) is 2. The zero-order valence-corrected chi connectivity index (χ0v) is 23.8. The predicted octanol–water partition coefficient (Wildman–Crippen LogP) is 4.64. The summed E-state index contributed by atoms with van der Waals surface area (Å²) in [5, 5.41) is 23.8. The van der Waals surface area contributed by atoms with Crippen LogP contribution in [0.1, 0.15) is 47.1 Å². The van der Waals surface area contributed by atoms with Gasteiger partial charge in [0.05, 0.1) is 11.0 Å². The fourth-order valence-corrected chi connectivity index (χ4v) is 8.35. The first-order valence-electron chi connectivity index (χ1n) is 14.8. The number of likely N-dealkylation sites (tertiary alicyclic amines) is 1. The Labute approximate surface area is 241 Å². The Morgan fingerprint density at radius 1 is 1.15 bits per heavy atom. The second-order valence-corrected chi connectivity index (χ2v) is 12.5. The van der Waals surface area contributed by atoms with Crippen LogP contribution in [-0.2, 0) is 23.1 Å². The van der Waals surface area contributed by atoms with Gasteiger partial charge in [-0.2, -0.15) is 0 Å². The Morgan fingerprint density at radius 3 is 2.78 bits per heavy atom. The fraction of sp³-hybridized carbons (Fsp3) is 0.400. The van der Waals surface area contributed by atoms with Gasteiger partial charge >= 0.3 is 0 Å². The number of aryl methyl sites for hydroxylation is 1. The fourth-order valence-electron chi connectivity index (χ4n) is 8.35. The molecule has 7 rings (SSSR count). The van der Waals surface area contributed by atoms with Gasteiger partial charge in [-0.1, -0.05) is 66.2 Å². The van der Waals surface area contributed by atoms with Crippen LogP contribution in [0.25, 0.3) is 6.08 Å². The molecule has 0 radical (unpaired) electrons. The van der Waals surface area contributed by atoms with Crippen molar-refractivity contribution < 1.29 is 19.7 Å². The lowest BCUT2D eigenvalue weighted by atomic mass is 9.48. The number of phenolic OH excluding ortho intramolecular Hbond substituents is 1. The van der Waals surface area contributed by atoms with Crippen molar-refractivity contribution in [2.45, 2.75) is 68.2 Å². The lowest BCUT2D eigenvalue weighted by molar-refractivity contribution is -0.197. The lowest BCUT2D eigenvalue weighted by Crippen LogP contribution is -2.77. The smallest absolute Gasteiger partial charge is 0.246 e. The van der Waals surface area contributed by atoms with Gasteiger partial charge in [0.25, 0.3) is 0 Å². The van der Waals surface area contributed by atoms with Crippen molar-refractivity contribution in [3.8, 4) is 11.5 Å². The highest BCUT2D eigenvalue weighted by atomic mass is 16.5. The number of aliphatic hydroxyl groups is 1. The molecule has 2 N–H and O–H groups in total. The summed E-state index contributed by atoms with van der Waals surface area (Å²) in [5.74, 6) is 0.593. The molecule has 4 aliphatic rings. The van der Waals surface area contributed by atoms with Crippen molar-refractivity contribution in [1.29, 1.82) is 0 Å². The Hall–Kier alpha value is -3.61. The second-order valence-electron chi connectivity index (χ2n) is 12.5. The number of likely N-dealkylation sites (N-methyl/N-ethyl adjacent to an activating group) is 1. The number of hydrogen-bond acceptors (Lipinski definition) is 5. The van der Waals surface area contributed by atoms with Crippen LogP contribution >= 0.6 is 0 Å². The van der Waals surface area contributed by atoms with Crippen LogP contribution < -0.4 is 4.74 Å². The molecule has 2 aliphatic heterocycles. The molecular formula is C35H38N2O4. The van der Waals surface area contributed by atoms with Gasteiger partial charge in [0.15, 0.2) is 11.5 Å². The zero-order chi connectivity index (χ0) is 28.4. The molecule has 6 heteroatoms. The Morgan fingerprint density at radius 2 is 1.98 bits per heavy atom. The molecule has 1 spiro atoms. The van der Waals surface area contributed by atoms with E-state index in [4.69, 9.17) is 4.74 Å². The quantitative estimate of drug-likeness (QED) is 0.438. The highest BCUT2D eigenvalue weighted by Gasteiger charge is 2.72. The highest BCUT2D eigenvalue weighted by molar-refractivity contribution is 5.91. The van der Waals surface area contributed by atoms with Crippen LogP contribution in [0.3, 0.4) is 0 Å². The number of carbonyl (C=O) groups is 1. The molecule has 2 bridgehead atoms. The van der Waals surface area contributed by atoms with E-state index in [-0.39, 0.29) is 29.8 Å². The van der Waals surface area contributed by atoms with Crippen molar-refractivity contribution >= 4 is 12.0 Å². The molecule has 2 fully saturated rings. The van der Waals surface area contributed by atoms with Crippen LogP contribution in [0.2, 0.25) is 0 Å². The van der Waals surface area contributed by atoms with Gasteiger partial charge in [-0.25, -0.2) is 0 Å². The van der Waals surface area contributed by atoms with Crippen LogP contribution in [0.5, 0.6) is 11.5 Å². The number of nitrogens with zero attached hydrogens (tertiary/aromatic N) is 2. The van der Waals surface area contributed by atoms with Gasteiger partial charge in [0.1, 0.15) is 6.10 Å². The van der Waals surface area contributed by atoms with E-state index in [1.54, 1.807) is 17.0 Å². The van der Waals surface area contributed by atoms with Crippen LogP contribution in [0.15, 0.2) is 72.8 Å². The third-order valence-electron chi connectivity index (χ3n) is 10.4. The Kier molecular flexibility index (Phi) is 6.25. The monoisotopic (exact) mass is 550 g/mol. The first-order valence-corrected chi connectivity index (χ1v) is 14.8. The van der Waals surface area contributed by atoms with E-state index in [2.05, 4.69) is 35.2 Å². The number of amides is 1. The summed E-state index contributed by atoms with van der Waals surface area (Å²) >= 11 is 0. The Balaban J connectivity index is 1.21. The lowest BCUT2D eigenvalue weighted by Gasteiger charge is -2.64. The molecule has 0 unspecified atom stereocenters. The summed E-state index contributed by atoms with van der Waals surface area (Å²) in [6, 6.07) is 22.1. The molecular weight excluding hydrogens is 512 g/mol. The molecule has 3 aromatic carbocycles. The van der Waals surface area contributed by atoms with E-state index >= 15 is 0 Å². The van der Waals surface area contributed by atoms with E-state index in [1.165, 1.54) is 11.1 Å². The summed E-state index contributed by atoms with van der Waals surface area (Å²) in [6.45, 7) is 3.77. The van der Waals surface area contributed by atoms with Crippen molar-refractivity contribution in [2.75, 3.05) is 20.1 Å². The largest absolute Gasteiger partial charge is 0.504 e. The number of rotatable bonds is 6. The second kappa shape index (κ2) is 9.74. The third kappa shape index (κ3) is 4.03. The van der Waals surface area contributed by atoms with Crippen molar-refractivity contribution in [3.05, 3.63) is 101 Å². The minimum Gasteiger partial charge on any atom is -0.504 e. The Bertz CT molecular complexity index is 1520. The average Bonchev–Trinajstić information content (AvgIpc) is 3.31. The number of carbonyl (C=O) groups excluding carboxylic acids is 1. The predicted molar refractivity (Wildman–Crippen MR) is 159 cm³/mol. The molecule has 6 nitrogen and oxygen atoms in total. The van der Waals surface area contributed by atoms with E-state index in [1.807, 2.05) is 50.4 Å². The highest BCUT2D eigenvalue weighted by Crippen LogP contribution is 2.65. The van der Waals surface area contributed by atoms with Gasteiger partial charge in [0, 0.05) is 43.7 Å². The maximum absolute atomic E-state index is 13.4. The molecule has 0 aromatic heterocycles. The molecule has 2 heterocycles. The van der Waals surface area contributed by atoms with E-state index in [0.717, 1.165) is 42.6 Å². The van der Waals surface area contributed by atoms with Crippen LogP contribution in [0, 0.1) is 6.92 Å². The molecule has 1 saturated carbocycles. The summed E-state index contributed by atoms with van der Waals surface area (Å²) < 4.78 is 6.56. The van der Waals surface area contributed by atoms with Crippen LogP contribution in [0.4, 0.5) is 0 Å². The summed E-state index contributed by atoms with van der Waals surface area (Å²) in [7, 11) is 1.84. The van der Waals surface area contributed by atoms with Crippen molar-refractivity contribution in [1.82, 2.24) is 9.80 Å². The number of aromatic hydroxyl groups is 1. The maximum Gasteiger partial charge on any atom is 0.246 e. The number of ether oxygens (including phenoxy) is 1. The van der Waals surface area contributed by atoms with E-state index < -0.39 is 11.0 Å². The third-order valence-corrected chi connectivity index (χ3v) is 10.4. The van der Waals surface area contributed by atoms with Gasteiger partial charge in [0.2, 0.25) is 5.91 Å². The van der Waals surface area contributed by atoms with Crippen molar-refractivity contribution in [3.63, 3.8) is 0 Å². The minimum absolute atomic E-state index is 0.0861. The number of piperidine rings is 1. The first-order chi connectivity index (χ1) is 19.8. The standard InChI is InChI=1S/C35H38N2O4/c1-23-7-6-10-25(19-23)11-14-31(39)36(2)27-21-30-34-16-18-37(17-15-24-8-4-3-5-9-24)29(35(34,40)22-27)20-26-12-13-28(38)33(41-30)32(26)34/h3-14,19,27,29-30,38,40H,15-18,20-22H2,1-2H3/t27-,29+,30-,34+,35+/m0/s1. The molecule has 2 aliphatic carbocycles. The van der Waals surface area contributed by atoms with Crippen LogP contribution in [-0.4, -0.2) is 69.8 Å². The number of benzene rings is 3. The zero-order valence-electron chi connectivity index (χ0n) is 23.8. The first kappa shape index (κ1) is 26.3. The molecule has 212 valence electrons. The topological polar surface area (TPSA) is 73.2 Å². The normalized spacial score (nSPS) is 29.7. The van der Waals surface area contributed by atoms with Gasteiger partial charge in [-0.15, -0.1) is 0 Å². The summed E-state index contributed by atoms with van der Waals surface area (Å²) in [4.78, 5) is 17.7. The maximum atomic E-state index is 13.4. The SMILES string of the molecule is Cc1cccc(C=CC(=O)N(C)[C@H]2C[C@@H]3Oc4c(O)ccc5c4[C@@]34CCN(CCc3ccccc3)[C@H](C5)[C@]4(O)C2)c1. The molecule has 3 aromatic rings. The minimum atomic E-state index is -1.09. The van der Waals surface area contributed by atoms with Gasteiger partial charge in [-0.05, 0) is 68.0 Å². The molecule has 5 atom stereocenters. The van der Waals surface area contributed by atoms with Gasteiger partial charge in [-0.3, -0.25) is 9.69 Å². The summed E-state index contributed by atoms with van der Waals surface area (Å²) in [6.07, 6.45) is 6.66. The van der Waals surface area contributed by atoms with E-state index in [0.29, 0.717) is 25.0 Å². The molecule has 1 saturated heterocycles. The van der Waals surface area contributed by atoms with E-state index in [9.17, 15) is 15.0 Å². The average molecular weight is 551 g/mol. The molecule has 41 heavy (non-hydrogen) atoms. The molecule has 1 amide bonds. The van der Waals surface area contributed by atoms with Gasteiger partial charge < -0.3 is 19.8 Å². The summed E-state index contributed by atoms with van der Waals surface area (Å²) in [5.41, 5.74) is 3.93. The number of phenols is 1.